The van der Waals surface area contributed by atoms with E-state index in [0.717, 1.165) is 44.1 Å². The fourth-order valence-corrected chi connectivity index (χ4v) is 10.1. The summed E-state index contributed by atoms with van der Waals surface area (Å²) in [5.41, 5.74) is -2.29. The van der Waals surface area contributed by atoms with Gasteiger partial charge in [-0.25, -0.2) is 9.59 Å². The Morgan fingerprint density at radius 3 is 1.97 bits per heavy atom. The maximum atomic E-state index is 15.0. The van der Waals surface area contributed by atoms with Gasteiger partial charge in [-0.15, -0.1) is 0 Å². The number of nitrogens with one attached hydrogen (secondary N) is 5. The average Bonchev–Trinajstić information content (AvgIpc) is 3.32. The number of carbonyl (C=O) groups is 7. The number of hydrogen-bond donors (Lipinski definition) is 5. The molecular formula is C46H70N6O8. The average molecular weight is 835 g/mol. The molecule has 5 rings (SSSR count). The SMILES string of the molecule is CC(=O)C(=O)C(CC1CCC1)NC(=O)[C@@H]1C[C@@]2(CN1C(=O)[C@@H](NC(=O)N[C@H](CNC(=O)C(C)(C)NC(=O)OCc1ccccc1)C(C)(C)C)C(C)(C)C)C(C)(C)C21CCC1. The molecule has 14 heteroatoms. The van der Waals surface area contributed by atoms with Crippen molar-refractivity contribution in [1.82, 2.24) is 31.5 Å². The molecule has 332 valence electrons. The molecule has 5 atom stereocenters. The van der Waals surface area contributed by atoms with E-state index in [1.54, 1.807) is 18.7 Å². The number of carbonyl (C=O) groups excluding carboxylic acids is 7. The number of amides is 6. The zero-order valence-electron chi connectivity index (χ0n) is 37.8. The van der Waals surface area contributed by atoms with E-state index in [-0.39, 0.29) is 35.3 Å². The molecule has 4 aliphatic rings. The van der Waals surface area contributed by atoms with Crippen molar-refractivity contribution in [3.05, 3.63) is 35.9 Å². The molecule has 1 aromatic carbocycles. The molecule has 3 saturated carbocycles. The van der Waals surface area contributed by atoms with Crippen LogP contribution in [0.3, 0.4) is 0 Å². The van der Waals surface area contributed by atoms with Crippen LogP contribution in [-0.4, -0.2) is 89.1 Å². The van der Waals surface area contributed by atoms with Gasteiger partial charge >= 0.3 is 12.1 Å². The fraction of sp³-hybridized carbons (Fsp3) is 0.717. The van der Waals surface area contributed by atoms with Gasteiger partial charge in [-0.2, -0.15) is 0 Å². The fourth-order valence-electron chi connectivity index (χ4n) is 10.1. The molecular weight excluding hydrogens is 765 g/mol. The minimum atomic E-state index is -1.34. The van der Waals surface area contributed by atoms with Crippen molar-refractivity contribution in [2.75, 3.05) is 13.1 Å². The van der Waals surface area contributed by atoms with Crippen LogP contribution in [0.5, 0.6) is 0 Å². The van der Waals surface area contributed by atoms with Gasteiger partial charge < -0.3 is 36.2 Å². The lowest BCUT2D eigenvalue weighted by Crippen LogP contribution is -2.62. The first-order valence-corrected chi connectivity index (χ1v) is 21.8. The molecule has 0 radical (unpaired) electrons. The number of nitrogens with zero attached hydrogens (tertiary/aromatic N) is 1. The molecule has 1 aromatic rings. The van der Waals surface area contributed by atoms with Crippen LogP contribution in [0.4, 0.5) is 9.59 Å². The molecule has 2 spiro atoms. The van der Waals surface area contributed by atoms with E-state index in [1.807, 2.05) is 71.9 Å². The molecule has 0 aromatic heterocycles. The molecule has 1 unspecified atom stereocenters. The minimum Gasteiger partial charge on any atom is -0.445 e. The lowest BCUT2D eigenvalue weighted by atomic mass is 9.73. The van der Waals surface area contributed by atoms with Gasteiger partial charge in [0.05, 0.1) is 12.1 Å². The Hall–Kier alpha value is -4.49. The Morgan fingerprint density at radius 1 is 0.833 bits per heavy atom. The van der Waals surface area contributed by atoms with Crippen molar-refractivity contribution in [1.29, 1.82) is 0 Å². The highest BCUT2D eigenvalue weighted by Crippen LogP contribution is 2.88. The van der Waals surface area contributed by atoms with Crippen LogP contribution in [-0.2, 0) is 35.3 Å². The first-order valence-electron chi connectivity index (χ1n) is 21.8. The van der Waals surface area contributed by atoms with Gasteiger partial charge in [0.15, 0.2) is 5.78 Å². The summed E-state index contributed by atoms with van der Waals surface area (Å²) < 4.78 is 5.31. The van der Waals surface area contributed by atoms with E-state index in [1.165, 1.54) is 6.92 Å². The minimum absolute atomic E-state index is 0.00700. The maximum absolute atomic E-state index is 15.0. The summed E-state index contributed by atoms with van der Waals surface area (Å²) in [5, 5.41) is 14.3. The number of benzene rings is 1. The maximum Gasteiger partial charge on any atom is 0.408 e. The Balaban J connectivity index is 1.29. The number of fused-ring (bicyclic) bond motifs is 1. The first-order chi connectivity index (χ1) is 27.8. The molecule has 1 heterocycles. The smallest absolute Gasteiger partial charge is 0.408 e. The first kappa shape index (κ1) is 46.6. The van der Waals surface area contributed by atoms with Crippen LogP contribution in [0.15, 0.2) is 30.3 Å². The number of ketones is 2. The second kappa shape index (κ2) is 17.1. The van der Waals surface area contributed by atoms with Gasteiger partial charge in [-0.1, -0.05) is 111 Å². The molecule has 6 amide bonds. The Bertz CT molecular complexity index is 1820. The van der Waals surface area contributed by atoms with E-state index in [2.05, 4.69) is 40.4 Å². The summed E-state index contributed by atoms with van der Waals surface area (Å²) in [5.74, 6) is -2.31. The number of ether oxygens (including phenoxy) is 1. The van der Waals surface area contributed by atoms with Crippen LogP contribution in [0.25, 0.3) is 0 Å². The highest BCUT2D eigenvalue weighted by Gasteiger charge is 2.85. The second-order valence-electron chi connectivity index (χ2n) is 21.2. The lowest BCUT2D eigenvalue weighted by Gasteiger charge is -2.37. The third-order valence-electron chi connectivity index (χ3n) is 14.6. The van der Waals surface area contributed by atoms with Gasteiger partial charge in [-0.05, 0) is 72.7 Å². The predicted molar refractivity (Wildman–Crippen MR) is 227 cm³/mol. The van der Waals surface area contributed by atoms with Crippen molar-refractivity contribution in [3.63, 3.8) is 0 Å². The number of rotatable bonds is 15. The highest BCUT2D eigenvalue weighted by atomic mass is 16.5. The predicted octanol–water partition coefficient (Wildman–Crippen LogP) is 5.57. The van der Waals surface area contributed by atoms with Gasteiger partial charge in [0.1, 0.15) is 24.2 Å². The summed E-state index contributed by atoms with van der Waals surface area (Å²) in [4.78, 5) is 96.3. The summed E-state index contributed by atoms with van der Waals surface area (Å²) >= 11 is 0. The Kier molecular flexibility index (Phi) is 13.3. The third kappa shape index (κ3) is 9.37. The molecule has 4 fully saturated rings. The number of alkyl carbamates (subject to hydrolysis) is 1. The number of Topliss-reactive ketones (excluding diaryl/α,β-unsaturated/α-hetero) is 2. The van der Waals surface area contributed by atoms with Crippen molar-refractivity contribution >= 4 is 41.4 Å². The number of likely N-dealkylation sites (tertiary alicyclic amines) is 1. The van der Waals surface area contributed by atoms with Crippen LogP contribution >= 0.6 is 0 Å². The molecule has 3 aliphatic carbocycles. The third-order valence-corrected chi connectivity index (χ3v) is 14.6. The van der Waals surface area contributed by atoms with Crippen molar-refractivity contribution < 1.29 is 38.3 Å². The molecule has 1 aliphatic heterocycles. The van der Waals surface area contributed by atoms with E-state index < -0.39 is 81.9 Å². The summed E-state index contributed by atoms with van der Waals surface area (Å²) in [6, 6.07) is 5.06. The largest absolute Gasteiger partial charge is 0.445 e. The Labute approximate surface area is 356 Å². The standard InChI is InChI=1S/C46H70N6O8/c1-28(53)34(54)31(23-29-19-15-20-29)48-36(55)32-24-46(44(10,11)45(46)21-16-22-45)27-52(32)37(56)35(42(5,6)7)50-39(58)49-33(41(2,3)4)25-47-38(57)43(8,9)51-40(59)60-26-30-17-13-12-14-18-30/h12-14,17-18,29,31-33,35H,15-16,19-27H2,1-11H3,(H,47,57)(H,48,55)(H,51,59)(H2,49,50,58)/t31?,32-,33+,35+,46+/m0/s1. The monoisotopic (exact) mass is 835 g/mol. The molecule has 60 heavy (non-hydrogen) atoms. The lowest BCUT2D eigenvalue weighted by molar-refractivity contribution is -0.143. The summed E-state index contributed by atoms with van der Waals surface area (Å²) in [6.45, 7) is 20.5. The second-order valence-corrected chi connectivity index (χ2v) is 21.2. The van der Waals surface area contributed by atoms with E-state index in [9.17, 15) is 33.6 Å². The van der Waals surface area contributed by atoms with Crippen molar-refractivity contribution in [3.8, 4) is 0 Å². The molecule has 0 bridgehead atoms. The van der Waals surface area contributed by atoms with Crippen molar-refractivity contribution in [2.45, 2.75) is 164 Å². The van der Waals surface area contributed by atoms with Crippen LogP contribution in [0.2, 0.25) is 0 Å². The van der Waals surface area contributed by atoms with Gasteiger partial charge in [-0.3, -0.25) is 24.0 Å². The molecule has 5 N–H and O–H groups in total. The normalized spacial score (nSPS) is 23.2. The van der Waals surface area contributed by atoms with Gasteiger partial charge in [0, 0.05) is 25.4 Å². The molecule has 1 saturated heterocycles. The molecule has 14 nitrogen and oxygen atoms in total. The zero-order chi connectivity index (χ0) is 44.6. The summed E-state index contributed by atoms with van der Waals surface area (Å²) in [7, 11) is 0. The van der Waals surface area contributed by atoms with Gasteiger partial charge in [0.2, 0.25) is 23.5 Å². The van der Waals surface area contributed by atoms with Crippen molar-refractivity contribution in [2.24, 2.45) is 33.0 Å². The van der Waals surface area contributed by atoms with E-state index in [4.69, 9.17) is 4.74 Å². The highest BCUT2D eigenvalue weighted by molar-refractivity contribution is 6.38. The van der Waals surface area contributed by atoms with Crippen LogP contribution < -0.4 is 26.6 Å². The Morgan fingerprint density at radius 2 is 1.47 bits per heavy atom. The quantitative estimate of drug-likeness (QED) is 0.142. The number of urea groups is 1. The van der Waals surface area contributed by atoms with Crippen LogP contribution in [0, 0.1) is 33.0 Å². The topological polar surface area (TPSA) is 192 Å². The summed E-state index contributed by atoms with van der Waals surface area (Å²) in [6.07, 6.45) is 6.13. The van der Waals surface area contributed by atoms with E-state index in [0.29, 0.717) is 19.4 Å². The number of hydrogen-bond acceptors (Lipinski definition) is 8. The van der Waals surface area contributed by atoms with Crippen LogP contribution in [0.1, 0.15) is 133 Å². The van der Waals surface area contributed by atoms with E-state index >= 15 is 0 Å². The van der Waals surface area contributed by atoms with Gasteiger partial charge in [0.25, 0.3) is 0 Å². The zero-order valence-corrected chi connectivity index (χ0v) is 37.8.